The van der Waals surface area contributed by atoms with Gasteiger partial charge in [-0.3, -0.25) is 0 Å². The molecule has 0 saturated carbocycles. The molecule has 0 amide bonds. The van der Waals surface area contributed by atoms with Crippen molar-refractivity contribution in [2.45, 2.75) is 87.7 Å². The van der Waals surface area contributed by atoms with Crippen molar-refractivity contribution in [2.75, 3.05) is 0 Å². The summed E-state index contributed by atoms with van der Waals surface area (Å²) in [5.41, 5.74) is 6.97. The molecule has 1 fully saturated rings. The van der Waals surface area contributed by atoms with Crippen LogP contribution in [0.4, 0.5) is 0 Å². The molecule has 2 atom stereocenters. The molecule has 2 aliphatic carbocycles. The molecule has 1 aliphatic heterocycles. The summed E-state index contributed by atoms with van der Waals surface area (Å²) in [5, 5.41) is 0. The van der Waals surface area contributed by atoms with Crippen molar-refractivity contribution in [1.82, 2.24) is 0 Å². The van der Waals surface area contributed by atoms with E-state index in [0.29, 0.717) is 21.4 Å². The van der Waals surface area contributed by atoms with Crippen LogP contribution >= 0.6 is 0 Å². The van der Waals surface area contributed by atoms with Crippen LogP contribution in [0.3, 0.4) is 0 Å². The smallest absolute Gasteiger partial charge is 1.00 e. The van der Waals surface area contributed by atoms with E-state index < -0.39 is 23.2 Å². The summed E-state index contributed by atoms with van der Waals surface area (Å²) >= 11 is -0.685. The number of halogens is 2. The molecule has 3 aliphatic rings. The van der Waals surface area contributed by atoms with E-state index in [-0.39, 0.29) is 35.6 Å². The molecule has 0 spiro atoms. The van der Waals surface area contributed by atoms with Gasteiger partial charge in [0.15, 0.2) is 0 Å². The number of hydrogen-bond acceptors (Lipinski definition) is 0. The van der Waals surface area contributed by atoms with Crippen molar-refractivity contribution in [3.05, 3.63) is 41.0 Å². The minimum absolute atomic E-state index is 0. The van der Waals surface area contributed by atoms with Gasteiger partial charge in [-0.1, -0.05) is 18.5 Å². The molecule has 0 aromatic rings. The van der Waals surface area contributed by atoms with Crippen molar-refractivity contribution in [3.8, 4) is 0 Å². The Morgan fingerprint density at radius 2 is 1.03 bits per heavy atom. The Kier molecular flexibility index (Phi) is 11.7. The Morgan fingerprint density at radius 3 is 1.21 bits per heavy atom. The first-order valence-electron chi connectivity index (χ1n) is 11.0. The fraction of sp³-hybridized carbons (Fsp3) is 0.680. The van der Waals surface area contributed by atoms with Gasteiger partial charge >= 0.3 is 156 Å². The van der Waals surface area contributed by atoms with E-state index in [2.05, 4.69) is 81.4 Å². The zero-order valence-electron chi connectivity index (χ0n) is 20.4. The first-order valence-corrected chi connectivity index (χ1v) is 15.4. The molecule has 1 heterocycles. The van der Waals surface area contributed by atoms with Crippen molar-refractivity contribution >= 4 is 9.52 Å². The van der Waals surface area contributed by atoms with E-state index in [1.807, 2.05) is 6.56 Å². The van der Waals surface area contributed by atoms with Crippen LogP contribution in [-0.4, -0.2) is 9.52 Å². The maximum atomic E-state index is 2.54. The second-order valence-corrected chi connectivity index (χ2v) is 16.2. The van der Waals surface area contributed by atoms with E-state index in [0.717, 1.165) is 0 Å². The Bertz CT molecular complexity index is 635. The first kappa shape index (κ1) is 29.6. The summed E-state index contributed by atoms with van der Waals surface area (Å²) in [6.45, 7) is 23.7. The zero-order valence-corrected chi connectivity index (χ0v) is 25.8. The molecular weight excluding hydrogens is 490 g/mol. The third-order valence-corrected chi connectivity index (χ3v) is 13.7. The van der Waals surface area contributed by atoms with Crippen molar-refractivity contribution < 1.29 is 48.0 Å². The van der Waals surface area contributed by atoms with E-state index in [1.54, 1.807) is 40.8 Å². The Balaban J connectivity index is 0.00000116. The maximum absolute atomic E-state index is 2.54. The first-order chi connectivity index (χ1) is 12.3. The van der Waals surface area contributed by atoms with Crippen LogP contribution in [0.15, 0.2) is 41.0 Å². The molecule has 0 aromatic heterocycles. The van der Waals surface area contributed by atoms with Crippen LogP contribution < -0.4 is 24.8 Å². The van der Waals surface area contributed by atoms with Crippen LogP contribution in [-0.2, 0) is 23.2 Å². The fourth-order valence-electron chi connectivity index (χ4n) is 4.33. The Hall–Kier alpha value is 0.640. The van der Waals surface area contributed by atoms with Gasteiger partial charge in [-0.15, -0.1) is 0 Å². The summed E-state index contributed by atoms with van der Waals surface area (Å²) < 4.78 is 3.62. The second kappa shape index (κ2) is 11.5. The molecule has 29 heavy (non-hydrogen) atoms. The van der Waals surface area contributed by atoms with Gasteiger partial charge in [0.2, 0.25) is 0 Å². The molecule has 164 valence electrons. The largest absolute Gasteiger partial charge is 1.00 e. The molecule has 3 rings (SSSR count). The molecule has 4 heteroatoms. The molecule has 0 radical (unpaired) electrons. The zero-order chi connectivity index (χ0) is 20.6. The van der Waals surface area contributed by atoms with Crippen molar-refractivity contribution in [3.63, 3.8) is 0 Å². The molecule has 0 nitrogen and oxygen atoms in total. The topological polar surface area (TPSA) is 0 Å². The predicted octanol–water partition coefficient (Wildman–Crippen LogP) is 1.26. The normalized spacial score (nSPS) is 23.8. The van der Waals surface area contributed by atoms with Crippen LogP contribution in [0.1, 0.15) is 75.7 Å². The summed E-state index contributed by atoms with van der Waals surface area (Å²) in [5.74, 6) is 1.31. The van der Waals surface area contributed by atoms with Gasteiger partial charge in [0.25, 0.3) is 0 Å². The van der Waals surface area contributed by atoms with Gasteiger partial charge in [-0.05, 0) is 0 Å². The van der Waals surface area contributed by atoms with Gasteiger partial charge in [0.05, 0.1) is 0 Å². The summed E-state index contributed by atoms with van der Waals surface area (Å²) in [6, 6.07) is 3.28. The molecule has 0 N–H and O–H groups in total. The quantitative estimate of drug-likeness (QED) is 0.470. The Morgan fingerprint density at radius 1 is 0.759 bits per heavy atom. The summed E-state index contributed by atoms with van der Waals surface area (Å²) in [7, 11) is 0.605. The van der Waals surface area contributed by atoms with Crippen LogP contribution in [0.25, 0.3) is 0 Å². The Labute approximate surface area is 207 Å². The molecule has 0 bridgehead atoms. The van der Waals surface area contributed by atoms with Gasteiger partial charge < -0.3 is 24.8 Å². The average Bonchev–Trinajstić information content (AvgIpc) is 2.89. The molecule has 2 unspecified atom stereocenters. The van der Waals surface area contributed by atoms with E-state index in [4.69, 9.17) is 0 Å². The minimum atomic E-state index is -0.685. The van der Waals surface area contributed by atoms with E-state index >= 15 is 0 Å². The second-order valence-electron chi connectivity index (χ2n) is 10.9. The van der Waals surface area contributed by atoms with Gasteiger partial charge in [0, 0.05) is 9.52 Å². The number of hydrogen-bond donors (Lipinski definition) is 0. The maximum Gasteiger partial charge on any atom is -1.00 e. The van der Waals surface area contributed by atoms with Crippen molar-refractivity contribution in [2.24, 2.45) is 22.7 Å². The molecule has 1 saturated heterocycles. The van der Waals surface area contributed by atoms with Crippen LogP contribution in [0.5, 0.6) is 0 Å². The number of allylic oxidation sites excluding steroid dienone is 8. The van der Waals surface area contributed by atoms with Gasteiger partial charge in [-0.2, -0.15) is 0 Å². The SMILES string of the molecule is C1C[SiH2]C1.CC1=[C]([Zr+2][C]2=C(C)C(C(C)(C)C)=CC2C)C(C)C=C1C(C)(C)C.[Cl-].[Cl-]. The van der Waals surface area contributed by atoms with E-state index in [9.17, 15) is 0 Å². The number of rotatable bonds is 2. The predicted molar refractivity (Wildman–Crippen MR) is 122 cm³/mol. The van der Waals surface area contributed by atoms with Gasteiger partial charge in [0.1, 0.15) is 0 Å². The summed E-state index contributed by atoms with van der Waals surface area (Å²) in [6.07, 6.45) is 6.64. The molecule has 0 aromatic carbocycles. The fourth-order valence-corrected chi connectivity index (χ4v) is 8.65. The molecular formula is C25H42Cl2SiZr. The van der Waals surface area contributed by atoms with Crippen LogP contribution in [0, 0.1) is 22.7 Å². The standard InChI is InChI=1S/2C11H17.C3H8Si.2ClH.Zr/c2*1-8-6-9(2)10(7-8)11(3,4)5;1-2-4-3-1;;;/h2*7-8H,1-5H3;1-4H2;2*1H;/q;;;;;+2/p-2. The third kappa shape index (κ3) is 7.34. The van der Waals surface area contributed by atoms with Crippen LogP contribution in [0.2, 0.25) is 12.1 Å². The monoisotopic (exact) mass is 530 g/mol. The minimum Gasteiger partial charge on any atom is -1.00 e. The third-order valence-electron chi connectivity index (χ3n) is 6.25. The van der Waals surface area contributed by atoms with E-state index in [1.165, 1.54) is 0 Å². The average molecular weight is 533 g/mol. The summed E-state index contributed by atoms with van der Waals surface area (Å²) in [4.78, 5) is 0. The van der Waals surface area contributed by atoms with Gasteiger partial charge in [-0.25, -0.2) is 0 Å². The van der Waals surface area contributed by atoms with Crippen molar-refractivity contribution in [1.29, 1.82) is 0 Å².